The molecule has 0 bridgehead atoms. The highest BCUT2D eigenvalue weighted by atomic mass is 32.2. The number of aromatic nitrogens is 3. The van der Waals surface area contributed by atoms with Crippen LogP contribution in [0.25, 0.3) is 0 Å². The fourth-order valence-corrected chi connectivity index (χ4v) is 5.23. The summed E-state index contributed by atoms with van der Waals surface area (Å²) in [7, 11) is -2.55. The minimum atomic E-state index is -2.55. The van der Waals surface area contributed by atoms with Crippen molar-refractivity contribution in [3.8, 4) is 0 Å². The average Bonchev–Trinajstić information content (AvgIpc) is 2.77. The van der Waals surface area contributed by atoms with Gasteiger partial charge in [0.15, 0.2) is 5.78 Å². The molecule has 1 aromatic carbocycles. The third-order valence-electron chi connectivity index (χ3n) is 6.60. The molecule has 1 aliphatic rings. The molecule has 8 nitrogen and oxygen atoms in total. The van der Waals surface area contributed by atoms with Crippen molar-refractivity contribution < 1.29 is 18.0 Å². The van der Waals surface area contributed by atoms with E-state index in [0.29, 0.717) is 34.9 Å². The van der Waals surface area contributed by atoms with Gasteiger partial charge in [0.25, 0.3) is 0 Å². The highest BCUT2D eigenvalue weighted by Crippen LogP contribution is 2.44. The second kappa shape index (κ2) is 9.89. The molecule has 0 spiro atoms. The van der Waals surface area contributed by atoms with Crippen LogP contribution in [0.3, 0.4) is 0 Å². The summed E-state index contributed by atoms with van der Waals surface area (Å²) in [5.41, 5.74) is 3.79. The fourth-order valence-electron chi connectivity index (χ4n) is 4.81. The molecule has 0 saturated carbocycles. The number of aryl methyl sites for hydroxylation is 2. The van der Waals surface area contributed by atoms with E-state index >= 15 is 0 Å². The Labute approximate surface area is 212 Å². The van der Waals surface area contributed by atoms with Crippen LogP contribution in [-0.4, -0.2) is 35.1 Å². The summed E-state index contributed by atoms with van der Waals surface area (Å²) in [6, 6.07) is 12.2. The molecule has 1 aliphatic carbocycles. The van der Waals surface area contributed by atoms with E-state index < -0.39 is 27.3 Å². The molecule has 0 radical (unpaired) electrons. The number of carbonyl (C=O) groups is 2. The first-order valence-corrected chi connectivity index (χ1v) is 13.1. The molecule has 2 heterocycles. The lowest BCUT2D eigenvalue weighted by Gasteiger charge is -2.37. The van der Waals surface area contributed by atoms with Crippen LogP contribution in [0, 0.1) is 19.3 Å². The van der Waals surface area contributed by atoms with Crippen molar-refractivity contribution >= 4 is 28.2 Å². The molecule has 0 saturated heterocycles. The maximum atomic E-state index is 13.5. The Hall–Kier alpha value is -3.46. The third-order valence-corrected chi connectivity index (χ3v) is 7.53. The standard InChI is InChI=1S/C27H30N4O4S/c1-15-12-21(29-17(3)28-15)25-26(33)20-10-11-23(30-22(20)14-27(25,4)5)31-24(32)13-18-6-8-19(9-7-18)16(2)36(34)35/h6-12,16,25,36H,13-14H2,1-5H3,(H,30,31,32). The minimum Gasteiger partial charge on any atom is -0.310 e. The van der Waals surface area contributed by atoms with E-state index in [1.54, 1.807) is 43.3 Å². The number of thiol groups is 1. The van der Waals surface area contributed by atoms with Gasteiger partial charge >= 0.3 is 0 Å². The topological polar surface area (TPSA) is 119 Å². The average molecular weight is 507 g/mol. The number of amides is 1. The lowest BCUT2D eigenvalue weighted by atomic mass is 9.66. The Morgan fingerprint density at radius 2 is 1.78 bits per heavy atom. The van der Waals surface area contributed by atoms with Crippen molar-refractivity contribution in [2.45, 2.75) is 58.6 Å². The van der Waals surface area contributed by atoms with Gasteiger partial charge in [-0.2, -0.15) is 0 Å². The Morgan fingerprint density at radius 3 is 2.42 bits per heavy atom. The normalized spacial score (nSPS) is 17.5. The number of carbonyl (C=O) groups excluding carboxylic acids is 2. The van der Waals surface area contributed by atoms with Gasteiger partial charge in [-0.15, -0.1) is 0 Å². The number of hydrogen-bond donors (Lipinski definition) is 2. The molecular formula is C27H30N4O4S. The van der Waals surface area contributed by atoms with Gasteiger partial charge in [-0.05, 0) is 61.9 Å². The number of pyridine rings is 1. The number of nitrogens with zero attached hydrogens (tertiary/aromatic N) is 3. The molecule has 2 aromatic heterocycles. The monoisotopic (exact) mass is 506 g/mol. The van der Waals surface area contributed by atoms with E-state index in [9.17, 15) is 18.0 Å². The molecule has 1 amide bonds. The van der Waals surface area contributed by atoms with Crippen molar-refractivity contribution in [3.05, 3.63) is 82.1 Å². The van der Waals surface area contributed by atoms with E-state index in [-0.39, 0.29) is 18.1 Å². The number of fused-ring (bicyclic) bond motifs is 1. The van der Waals surface area contributed by atoms with Gasteiger partial charge in [-0.25, -0.2) is 23.4 Å². The molecule has 188 valence electrons. The van der Waals surface area contributed by atoms with Gasteiger partial charge in [0.05, 0.1) is 29.0 Å². The quantitative estimate of drug-likeness (QED) is 0.487. The van der Waals surface area contributed by atoms with Crippen LogP contribution in [0.15, 0.2) is 42.5 Å². The first kappa shape index (κ1) is 25.6. The summed E-state index contributed by atoms with van der Waals surface area (Å²) in [5, 5.41) is 2.24. The van der Waals surface area contributed by atoms with E-state index in [2.05, 4.69) is 20.3 Å². The second-order valence-electron chi connectivity index (χ2n) is 10.1. The van der Waals surface area contributed by atoms with Gasteiger partial charge in [0.1, 0.15) is 22.3 Å². The third kappa shape index (κ3) is 5.36. The fraction of sp³-hybridized carbons (Fsp3) is 0.370. The smallest absolute Gasteiger partial charge is 0.229 e. The Morgan fingerprint density at radius 1 is 1.08 bits per heavy atom. The highest BCUT2D eigenvalue weighted by molar-refractivity contribution is 7.72. The molecule has 3 aromatic rings. The predicted molar refractivity (Wildman–Crippen MR) is 138 cm³/mol. The molecule has 9 heteroatoms. The number of ketones is 1. The van der Waals surface area contributed by atoms with Crippen LogP contribution in [0.4, 0.5) is 5.82 Å². The lowest BCUT2D eigenvalue weighted by molar-refractivity contribution is -0.115. The van der Waals surface area contributed by atoms with Crippen molar-refractivity contribution in [1.29, 1.82) is 0 Å². The highest BCUT2D eigenvalue weighted by Gasteiger charge is 2.44. The summed E-state index contributed by atoms with van der Waals surface area (Å²) in [6.07, 6.45) is 0.683. The maximum absolute atomic E-state index is 13.5. The predicted octanol–water partition coefficient (Wildman–Crippen LogP) is 3.89. The van der Waals surface area contributed by atoms with Crippen molar-refractivity contribution in [3.63, 3.8) is 0 Å². The van der Waals surface area contributed by atoms with Crippen molar-refractivity contribution in [1.82, 2.24) is 15.0 Å². The number of nitrogens with one attached hydrogen (secondary N) is 1. The summed E-state index contributed by atoms with van der Waals surface area (Å²) in [5.74, 6) is 0.351. The molecule has 2 atom stereocenters. The van der Waals surface area contributed by atoms with Gasteiger partial charge < -0.3 is 5.32 Å². The summed E-state index contributed by atoms with van der Waals surface area (Å²) < 4.78 is 22.4. The van der Waals surface area contributed by atoms with E-state index in [0.717, 1.165) is 17.0 Å². The Bertz CT molecular complexity index is 1390. The molecule has 1 N–H and O–H groups in total. The van der Waals surface area contributed by atoms with E-state index in [1.165, 1.54) is 0 Å². The van der Waals surface area contributed by atoms with Crippen LogP contribution >= 0.6 is 0 Å². The number of anilines is 1. The van der Waals surface area contributed by atoms with Crippen LogP contribution in [0.5, 0.6) is 0 Å². The summed E-state index contributed by atoms with van der Waals surface area (Å²) >= 11 is 0. The van der Waals surface area contributed by atoms with E-state index in [4.69, 9.17) is 0 Å². The molecular weight excluding hydrogens is 476 g/mol. The zero-order chi connectivity index (χ0) is 26.2. The number of rotatable bonds is 6. The second-order valence-corrected chi connectivity index (χ2v) is 11.4. The zero-order valence-electron chi connectivity index (χ0n) is 21.0. The number of Topliss-reactive ketones (excluding diaryl/α,β-unsaturated/α-hetero) is 1. The van der Waals surface area contributed by atoms with Gasteiger partial charge in [-0.3, -0.25) is 9.59 Å². The van der Waals surface area contributed by atoms with Gasteiger partial charge in [-0.1, -0.05) is 38.1 Å². The molecule has 0 fully saturated rings. The lowest BCUT2D eigenvalue weighted by Crippen LogP contribution is -2.37. The van der Waals surface area contributed by atoms with Gasteiger partial charge in [0, 0.05) is 11.3 Å². The molecule has 2 unspecified atom stereocenters. The van der Waals surface area contributed by atoms with Crippen molar-refractivity contribution in [2.75, 3.05) is 5.32 Å². The largest absolute Gasteiger partial charge is 0.310 e. The van der Waals surface area contributed by atoms with Crippen molar-refractivity contribution in [2.24, 2.45) is 5.41 Å². The zero-order valence-corrected chi connectivity index (χ0v) is 21.9. The van der Waals surface area contributed by atoms with Gasteiger partial charge in [0.2, 0.25) is 5.91 Å². The van der Waals surface area contributed by atoms with E-state index in [1.807, 2.05) is 33.8 Å². The SMILES string of the molecule is Cc1cc(C2C(=O)c3ccc(NC(=O)Cc4ccc(C(C)[SH](=O)=O)cc4)nc3CC2(C)C)nc(C)n1. The van der Waals surface area contributed by atoms with Crippen LogP contribution < -0.4 is 5.32 Å². The first-order valence-electron chi connectivity index (χ1n) is 11.8. The molecule has 36 heavy (non-hydrogen) atoms. The number of benzene rings is 1. The van der Waals surface area contributed by atoms with Crippen LogP contribution in [-0.2, 0) is 28.3 Å². The Balaban J connectivity index is 1.51. The Kier molecular flexibility index (Phi) is 7.04. The molecule has 4 rings (SSSR count). The van der Waals surface area contributed by atoms with Crippen LogP contribution in [0.2, 0.25) is 0 Å². The summed E-state index contributed by atoms with van der Waals surface area (Å²) in [6.45, 7) is 9.41. The molecule has 0 aliphatic heterocycles. The minimum absolute atomic E-state index is 0.0294. The maximum Gasteiger partial charge on any atom is 0.229 e. The summed E-state index contributed by atoms with van der Waals surface area (Å²) in [4.78, 5) is 39.7. The number of hydrogen-bond acceptors (Lipinski definition) is 7. The van der Waals surface area contributed by atoms with Crippen LogP contribution in [0.1, 0.15) is 76.3 Å². The first-order chi connectivity index (χ1) is 16.9.